The standard InChI is InChI=1S/C52H47N9O7S4/c1-51(2,3)67-50(65)55-48-53-38(30-70-48)40(58-68-52(35-24-14-7-15-25-35,36-26-16-8-17-27-36)37-28-18-9-19-29-37)44(62)54-41-45(63)61-42(39(31-69-46(41)61)71-32-72-49-56-59-60(4)57-49)47(64)66-43(33-20-10-5-11-21-33)34-22-12-6-13-23-34/h5-30,41,43,46H,31-32H2,1-4H3,(H,54,62)(H,53,55,65)/b58-40-/t41-,46+/m1/s1. The maximum atomic E-state index is 15.0. The molecule has 0 bridgehead atoms. The van der Waals surface area contributed by atoms with Gasteiger partial charge in [0.15, 0.2) is 16.9 Å². The number of hydrogen-bond acceptors (Lipinski definition) is 16. The average Bonchev–Trinajstić information content (AvgIpc) is 4.04. The molecule has 5 aromatic carbocycles. The summed E-state index contributed by atoms with van der Waals surface area (Å²) in [5.74, 6) is -1.72. The number of rotatable bonds is 17. The van der Waals surface area contributed by atoms with Gasteiger partial charge >= 0.3 is 12.1 Å². The fraction of sp³-hybridized carbons (Fsp3) is 0.212. The topological polar surface area (TPSA) is 192 Å². The molecule has 0 saturated carbocycles. The van der Waals surface area contributed by atoms with Crippen LogP contribution in [0.1, 0.15) is 60.4 Å². The second-order valence-electron chi connectivity index (χ2n) is 17.2. The molecule has 2 N–H and O–H groups in total. The molecule has 2 atom stereocenters. The number of aryl methyl sites for hydroxylation is 1. The maximum absolute atomic E-state index is 15.0. The SMILES string of the molecule is Cn1nnc(SCSC2=C(C(=O)OC(c3ccccc3)c3ccccc3)N3C(=O)[C@@H](NC(=O)/C(=N\OC(c4ccccc4)(c4ccccc4)c4ccccc4)c4csc(NC(=O)OC(C)(C)C)n4)[C@@H]3SC2)n1. The predicted octanol–water partition coefficient (Wildman–Crippen LogP) is 9.15. The number of fused-ring (bicyclic) bond motifs is 1. The van der Waals surface area contributed by atoms with Crippen LogP contribution in [0.25, 0.3) is 0 Å². The lowest BCUT2D eigenvalue weighted by Gasteiger charge is -2.49. The van der Waals surface area contributed by atoms with Crippen molar-refractivity contribution in [2.24, 2.45) is 12.2 Å². The normalized spacial score (nSPS) is 15.9. The largest absolute Gasteiger partial charge is 0.448 e. The first-order chi connectivity index (χ1) is 34.9. The summed E-state index contributed by atoms with van der Waals surface area (Å²) in [5, 5.41) is 24.3. The van der Waals surface area contributed by atoms with E-state index in [9.17, 15) is 19.2 Å². The number of anilines is 1. The molecule has 2 aromatic heterocycles. The second kappa shape index (κ2) is 22.0. The summed E-state index contributed by atoms with van der Waals surface area (Å²) in [6, 6.07) is 46.2. The lowest BCUT2D eigenvalue weighted by molar-refractivity contribution is -0.154. The lowest BCUT2D eigenvalue weighted by Crippen LogP contribution is -2.71. The molecule has 0 spiro atoms. The minimum atomic E-state index is -1.39. The van der Waals surface area contributed by atoms with Gasteiger partial charge < -0.3 is 19.6 Å². The van der Waals surface area contributed by atoms with Crippen molar-refractivity contribution in [2.45, 2.75) is 54.6 Å². The number of oxime groups is 1. The van der Waals surface area contributed by atoms with Crippen LogP contribution in [-0.2, 0) is 41.3 Å². The number of thiazole rings is 1. The zero-order valence-electron chi connectivity index (χ0n) is 39.3. The summed E-state index contributed by atoms with van der Waals surface area (Å²) in [5.41, 5.74) is 1.31. The van der Waals surface area contributed by atoms with Crippen LogP contribution >= 0.6 is 46.6 Å². The number of thioether (sulfide) groups is 3. The van der Waals surface area contributed by atoms with Gasteiger partial charge in [0, 0.05) is 32.7 Å². The molecule has 1 saturated heterocycles. The number of carbonyl (C=O) groups excluding carboxylic acids is 4. The van der Waals surface area contributed by atoms with Crippen molar-refractivity contribution in [3.8, 4) is 0 Å². The fourth-order valence-corrected chi connectivity index (χ4v) is 12.2. The van der Waals surface area contributed by atoms with E-state index in [0.717, 1.165) is 22.5 Å². The third-order valence-electron chi connectivity index (χ3n) is 11.1. The van der Waals surface area contributed by atoms with Gasteiger partial charge in [0.2, 0.25) is 10.8 Å². The van der Waals surface area contributed by atoms with Crippen molar-refractivity contribution in [2.75, 3.05) is 16.2 Å². The number of aromatic nitrogens is 5. The number of benzene rings is 5. The van der Waals surface area contributed by atoms with E-state index in [4.69, 9.17) is 14.3 Å². The third kappa shape index (κ3) is 11.1. The molecule has 16 nitrogen and oxygen atoms in total. The quantitative estimate of drug-likeness (QED) is 0.0167. The Kier molecular flexibility index (Phi) is 15.2. The van der Waals surface area contributed by atoms with Crippen LogP contribution in [0.4, 0.5) is 9.93 Å². The van der Waals surface area contributed by atoms with Crippen molar-refractivity contribution >= 4 is 81.3 Å². The van der Waals surface area contributed by atoms with Gasteiger partial charge in [-0.25, -0.2) is 14.6 Å². The third-order valence-corrected chi connectivity index (χ3v) is 15.4. The minimum Gasteiger partial charge on any atom is -0.448 e. The number of esters is 1. The molecule has 0 aliphatic carbocycles. The van der Waals surface area contributed by atoms with Crippen molar-refractivity contribution in [3.05, 3.63) is 201 Å². The van der Waals surface area contributed by atoms with E-state index >= 15 is 0 Å². The highest BCUT2D eigenvalue weighted by Crippen LogP contribution is 2.46. The molecule has 20 heteroatoms. The zero-order valence-corrected chi connectivity index (χ0v) is 42.5. The van der Waals surface area contributed by atoms with E-state index in [-0.39, 0.29) is 22.2 Å². The number of tetrazole rings is 1. The molecule has 0 radical (unpaired) electrons. The Hall–Kier alpha value is -7.26. The van der Waals surface area contributed by atoms with E-state index < -0.39 is 52.6 Å². The van der Waals surface area contributed by atoms with Gasteiger partial charge in [-0.3, -0.25) is 19.8 Å². The monoisotopic (exact) mass is 1040 g/mol. The molecule has 0 unspecified atom stereocenters. The predicted molar refractivity (Wildman–Crippen MR) is 279 cm³/mol. The van der Waals surface area contributed by atoms with Crippen molar-refractivity contribution < 1.29 is 33.5 Å². The number of amides is 3. The highest BCUT2D eigenvalue weighted by atomic mass is 32.2. The summed E-state index contributed by atoms with van der Waals surface area (Å²) >= 11 is 5.15. The molecule has 9 rings (SSSR count). The Morgan fingerprint density at radius 3 is 1.89 bits per heavy atom. The van der Waals surface area contributed by atoms with Crippen LogP contribution in [-0.4, -0.2) is 87.5 Å². The Labute approximate surface area is 432 Å². The first kappa shape index (κ1) is 49.7. The lowest BCUT2D eigenvalue weighted by atomic mass is 9.80. The van der Waals surface area contributed by atoms with Crippen molar-refractivity contribution in [1.82, 2.24) is 35.4 Å². The molecule has 72 heavy (non-hydrogen) atoms. The van der Waals surface area contributed by atoms with E-state index in [1.807, 2.05) is 152 Å². The minimum absolute atomic E-state index is 0.0531. The number of hydrogen-bond donors (Lipinski definition) is 2. The first-order valence-corrected chi connectivity index (χ1v) is 26.5. The van der Waals surface area contributed by atoms with Crippen LogP contribution in [0.15, 0.2) is 178 Å². The van der Waals surface area contributed by atoms with Crippen molar-refractivity contribution in [3.63, 3.8) is 0 Å². The van der Waals surface area contributed by atoms with Crippen LogP contribution in [0.5, 0.6) is 0 Å². The number of ether oxygens (including phenoxy) is 2. The zero-order chi connectivity index (χ0) is 50.2. The Bertz CT molecular complexity index is 2960. The number of β-lactam (4-membered cyclic amide) rings is 1. The molecule has 2 aliphatic heterocycles. The summed E-state index contributed by atoms with van der Waals surface area (Å²) in [7, 11) is 1.67. The summed E-state index contributed by atoms with van der Waals surface area (Å²) < 4.78 is 11.8. The van der Waals surface area contributed by atoms with E-state index in [0.29, 0.717) is 37.6 Å². The molecule has 7 aromatic rings. The number of nitrogens with one attached hydrogen (secondary N) is 2. The van der Waals surface area contributed by atoms with Crippen LogP contribution in [0, 0.1) is 0 Å². The fourth-order valence-electron chi connectivity index (χ4n) is 7.95. The summed E-state index contributed by atoms with van der Waals surface area (Å²) in [6.45, 7) is 5.22. The van der Waals surface area contributed by atoms with E-state index in [2.05, 4.69) is 36.2 Å². The van der Waals surface area contributed by atoms with Gasteiger partial charge in [0.1, 0.15) is 28.4 Å². The van der Waals surface area contributed by atoms with Crippen molar-refractivity contribution in [1.29, 1.82) is 0 Å². The van der Waals surface area contributed by atoms with Gasteiger partial charge in [0.25, 0.3) is 11.8 Å². The molecule has 2 aliphatic rings. The first-order valence-electron chi connectivity index (χ1n) is 22.6. The molecule has 1 fully saturated rings. The molecule has 3 amide bonds. The molecular formula is C52H47N9O7S4. The number of nitrogens with zero attached hydrogens (tertiary/aromatic N) is 7. The summed E-state index contributed by atoms with van der Waals surface area (Å²) in [4.78, 5) is 71.9. The highest BCUT2D eigenvalue weighted by Gasteiger charge is 2.55. The van der Waals surface area contributed by atoms with E-state index in [1.165, 1.54) is 45.0 Å². The highest BCUT2D eigenvalue weighted by molar-refractivity contribution is 8.18. The molecular weight excluding hydrogens is 991 g/mol. The van der Waals surface area contributed by atoms with Crippen LogP contribution in [0.3, 0.4) is 0 Å². The second-order valence-corrected chi connectivity index (χ2v) is 21.5. The Balaban J connectivity index is 1.05. The smallest absolute Gasteiger partial charge is 0.413 e. The van der Waals surface area contributed by atoms with Gasteiger partial charge in [-0.05, 0) is 37.1 Å². The number of carbonyl (C=O) groups is 4. The van der Waals surface area contributed by atoms with Crippen LogP contribution < -0.4 is 10.6 Å². The van der Waals surface area contributed by atoms with Gasteiger partial charge in [-0.15, -0.1) is 45.1 Å². The van der Waals surface area contributed by atoms with Gasteiger partial charge in [0.05, 0.1) is 12.1 Å². The maximum Gasteiger partial charge on any atom is 0.413 e. The van der Waals surface area contributed by atoms with Gasteiger partial charge in [-0.2, -0.15) is 4.80 Å². The Morgan fingerprint density at radius 2 is 1.36 bits per heavy atom. The van der Waals surface area contributed by atoms with E-state index in [1.54, 1.807) is 33.2 Å². The average molecular weight is 1040 g/mol. The van der Waals surface area contributed by atoms with Crippen LogP contribution in [0.2, 0.25) is 0 Å². The Morgan fingerprint density at radius 1 is 0.806 bits per heavy atom. The molecule has 366 valence electrons. The van der Waals surface area contributed by atoms with Gasteiger partial charge in [-0.1, -0.05) is 169 Å². The molecule has 4 heterocycles. The summed E-state index contributed by atoms with van der Waals surface area (Å²) in [6.07, 6.45) is -1.53.